The summed E-state index contributed by atoms with van der Waals surface area (Å²) in [6, 6.07) is 3.91. The zero-order valence-electron chi connectivity index (χ0n) is 9.90. The van der Waals surface area contributed by atoms with Crippen molar-refractivity contribution in [3.63, 3.8) is 0 Å². The fourth-order valence-corrected chi connectivity index (χ4v) is 1.12. The fraction of sp³-hybridized carbons (Fsp3) is 0.133. The van der Waals surface area contributed by atoms with Crippen molar-refractivity contribution in [3.05, 3.63) is 72.6 Å². The molecule has 17 heavy (non-hydrogen) atoms. The number of nitrogens with zero attached hydrogens (tertiary/aromatic N) is 1. The summed E-state index contributed by atoms with van der Waals surface area (Å²) in [5.74, 6) is 0. The fourth-order valence-electron chi connectivity index (χ4n) is 1.12. The average molecular weight is 227 g/mol. The lowest BCUT2D eigenvalue weighted by molar-refractivity contribution is 0.244. The predicted octanol–water partition coefficient (Wildman–Crippen LogP) is 3.14. The predicted molar refractivity (Wildman–Crippen MR) is 72.4 cm³/mol. The van der Waals surface area contributed by atoms with Gasteiger partial charge in [0, 0.05) is 12.4 Å². The van der Waals surface area contributed by atoms with Crippen molar-refractivity contribution in [3.8, 4) is 0 Å². The summed E-state index contributed by atoms with van der Waals surface area (Å²) in [4.78, 5) is 4.02. The van der Waals surface area contributed by atoms with Gasteiger partial charge in [-0.1, -0.05) is 54.7 Å². The molecule has 0 saturated heterocycles. The van der Waals surface area contributed by atoms with Crippen LogP contribution in [0.2, 0.25) is 0 Å². The molecule has 88 valence electrons. The molecule has 1 N–H and O–H groups in total. The van der Waals surface area contributed by atoms with Crippen LogP contribution in [0, 0.1) is 0 Å². The Morgan fingerprint density at radius 1 is 1.12 bits per heavy atom. The molecule has 1 rings (SSSR count). The average Bonchev–Trinajstić information content (AvgIpc) is 2.33. The van der Waals surface area contributed by atoms with E-state index in [0.29, 0.717) is 0 Å². The van der Waals surface area contributed by atoms with Gasteiger partial charge >= 0.3 is 0 Å². The van der Waals surface area contributed by atoms with Gasteiger partial charge in [-0.05, 0) is 18.6 Å². The summed E-state index contributed by atoms with van der Waals surface area (Å²) in [5.41, 5.74) is 1.08. The molecule has 1 atom stereocenters. The molecule has 1 heterocycles. The molecule has 2 heteroatoms. The standard InChI is InChI=1S/C15H17NO/c1-14(17)9-6-4-2-3-5-7-10-15-11-8-12-16-13-15/h2-14,17H,1H3. The molecule has 0 amide bonds. The van der Waals surface area contributed by atoms with Crippen LogP contribution in [0.4, 0.5) is 0 Å². The molecule has 0 spiro atoms. The van der Waals surface area contributed by atoms with Crippen LogP contribution in [0.15, 0.2) is 67.1 Å². The Hall–Kier alpha value is -1.93. The van der Waals surface area contributed by atoms with E-state index in [9.17, 15) is 0 Å². The third-order valence-corrected chi connectivity index (χ3v) is 1.92. The number of aliphatic hydroxyl groups is 1. The summed E-state index contributed by atoms with van der Waals surface area (Å²) in [5, 5.41) is 8.96. The van der Waals surface area contributed by atoms with Crippen LogP contribution in [-0.4, -0.2) is 16.2 Å². The van der Waals surface area contributed by atoms with Gasteiger partial charge in [-0.15, -0.1) is 0 Å². The van der Waals surface area contributed by atoms with E-state index in [0.717, 1.165) is 5.56 Å². The van der Waals surface area contributed by atoms with E-state index in [1.807, 2.05) is 60.9 Å². The molecule has 1 aromatic heterocycles. The van der Waals surface area contributed by atoms with E-state index in [1.54, 1.807) is 19.2 Å². The topological polar surface area (TPSA) is 33.1 Å². The Balaban J connectivity index is 2.33. The summed E-state index contributed by atoms with van der Waals surface area (Å²) in [6.45, 7) is 1.72. The molecule has 1 unspecified atom stereocenters. The summed E-state index contributed by atoms with van der Waals surface area (Å²) in [6.07, 6.45) is 18.3. The molecular formula is C15H17NO. The SMILES string of the molecule is CC(O)C=CC=CC=CC=Cc1cccnc1. The number of hydrogen-bond donors (Lipinski definition) is 1. The van der Waals surface area contributed by atoms with Crippen molar-refractivity contribution in [2.75, 3.05) is 0 Å². The van der Waals surface area contributed by atoms with E-state index in [-0.39, 0.29) is 0 Å². The Kier molecular flexibility index (Phi) is 6.37. The summed E-state index contributed by atoms with van der Waals surface area (Å²) >= 11 is 0. The number of hydrogen-bond acceptors (Lipinski definition) is 2. The van der Waals surface area contributed by atoms with Gasteiger partial charge < -0.3 is 5.11 Å². The highest BCUT2D eigenvalue weighted by Crippen LogP contribution is 1.98. The Bertz CT molecular complexity index is 414. The lowest BCUT2D eigenvalue weighted by atomic mass is 10.2. The van der Waals surface area contributed by atoms with Crippen LogP contribution >= 0.6 is 0 Å². The number of rotatable bonds is 5. The van der Waals surface area contributed by atoms with Crippen molar-refractivity contribution in [2.45, 2.75) is 13.0 Å². The lowest BCUT2D eigenvalue weighted by Crippen LogP contribution is -1.90. The first-order valence-corrected chi connectivity index (χ1v) is 5.55. The van der Waals surface area contributed by atoms with Crippen LogP contribution in [0.3, 0.4) is 0 Å². The van der Waals surface area contributed by atoms with E-state index in [2.05, 4.69) is 4.98 Å². The van der Waals surface area contributed by atoms with Crippen LogP contribution < -0.4 is 0 Å². The maximum Gasteiger partial charge on any atom is 0.0695 e. The van der Waals surface area contributed by atoms with Crippen LogP contribution in [-0.2, 0) is 0 Å². The highest BCUT2D eigenvalue weighted by atomic mass is 16.3. The van der Waals surface area contributed by atoms with Gasteiger partial charge in [-0.3, -0.25) is 4.98 Å². The van der Waals surface area contributed by atoms with Crippen molar-refractivity contribution < 1.29 is 5.11 Å². The molecular weight excluding hydrogens is 210 g/mol. The minimum atomic E-state index is -0.394. The highest BCUT2D eigenvalue weighted by Gasteiger charge is 1.81. The molecule has 0 saturated carbocycles. The van der Waals surface area contributed by atoms with Crippen molar-refractivity contribution in [1.29, 1.82) is 0 Å². The van der Waals surface area contributed by atoms with Crippen molar-refractivity contribution in [1.82, 2.24) is 4.98 Å². The van der Waals surface area contributed by atoms with Gasteiger partial charge in [-0.25, -0.2) is 0 Å². The minimum Gasteiger partial charge on any atom is -0.389 e. The number of aliphatic hydroxyl groups excluding tert-OH is 1. The first kappa shape index (κ1) is 13.1. The quantitative estimate of drug-likeness (QED) is 0.784. The summed E-state index contributed by atoms with van der Waals surface area (Å²) in [7, 11) is 0. The van der Waals surface area contributed by atoms with Crippen LogP contribution in [0.5, 0.6) is 0 Å². The van der Waals surface area contributed by atoms with E-state index in [4.69, 9.17) is 5.11 Å². The first-order chi connectivity index (χ1) is 8.29. The zero-order chi connectivity index (χ0) is 12.3. The third kappa shape index (κ3) is 7.03. The van der Waals surface area contributed by atoms with E-state index < -0.39 is 6.10 Å². The van der Waals surface area contributed by atoms with Crippen molar-refractivity contribution >= 4 is 6.08 Å². The maximum absolute atomic E-state index is 8.96. The zero-order valence-corrected chi connectivity index (χ0v) is 9.90. The molecule has 1 aromatic rings. The molecule has 0 bridgehead atoms. The molecule has 0 aliphatic rings. The minimum absolute atomic E-state index is 0.394. The number of pyridine rings is 1. The molecule has 0 aliphatic heterocycles. The second kappa shape index (κ2) is 8.25. The lowest BCUT2D eigenvalue weighted by Gasteiger charge is -1.88. The summed E-state index contributed by atoms with van der Waals surface area (Å²) < 4.78 is 0. The first-order valence-electron chi connectivity index (χ1n) is 5.55. The number of allylic oxidation sites excluding steroid dienone is 6. The largest absolute Gasteiger partial charge is 0.389 e. The molecule has 0 fully saturated rings. The monoisotopic (exact) mass is 227 g/mol. The van der Waals surface area contributed by atoms with Crippen LogP contribution in [0.25, 0.3) is 6.08 Å². The molecule has 2 nitrogen and oxygen atoms in total. The Morgan fingerprint density at radius 3 is 2.47 bits per heavy atom. The molecule has 0 radical (unpaired) electrons. The third-order valence-electron chi connectivity index (χ3n) is 1.92. The molecule has 0 aromatic carbocycles. The van der Waals surface area contributed by atoms with E-state index in [1.165, 1.54) is 0 Å². The Labute approximate surface area is 102 Å². The molecule has 0 aliphatic carbocycles. The maximum atomic E-state index is 8.96. The second-order valence-electron chi connectivity index (χ2n) is 3.54. The van der Waals surface area contributed by atoms with Crippen molar-refractivity contribution in [2.24, 2.45) is 0 Å². The van der Waals surface area contributed by atoms with E-state index >= 15 is 0 Å². The van der Waals surface area contributed by atoms with Gasteiger partial charge in [0.2, 0.25) is 0 Å². The van der Waals surface area contributed by atoms with Gasteiger partial charge in [0.25, 0.3) is 0 Å². The van der Waals surface area contributed by atoms with Crippen LogP contribution in [0.1, 0.15) is 12.5 Å². The van der Waals surface area contributed by atoms with Gasteiger partial charge in [0.05, 0.1) is 6.10 Å². The van der Waals surface area contributed by atoms with Gasteiger partial charge in [-0.2, -0.15) is 0 Å². The Morgan fingerprint density at radius 2 is 1.82 bits per heavy atom. The smallest absolute Gasteiger partial charge is 0.0695 e. The van der Waals surface area contributed by atoms with Gasteiger partial charge in [0.15, 0.2) is 0 Å². The highest BCUT2D eigenvalue weighted by molar-refractivity contribution is 5.49. The second-order valence-corrected chi connectivity index (χ2v) is 3.54. The van der Waals surface area contributed by atoms with Gasteiger partial charge in [0.1, 0.15) is 0 Å². The normalized spacial score (nSPS) is 14.5. The number of aromatic nitrogens is 1.